The number of hydrogen-bond donors (Lipinski definition) is 2. The van der Waals surface area contributed by atoms with E-state index in [0.29, 0.717) is 36.2 Å². The third-order valence-electron chi connectivity index (χ3n) is 3.72. The van der Waals surface area contributed by atoms with Crippen molar-refractivity contribution in [2.75, 3.05) is 33.3 Å². The van der Waals surface area contributed by atoms with E-state index < -0.39 is 15.8 Å². The molecule has 0 spiro atoms. The highest BCUT2D eigenvalue weighted by molar-refractivity contribution is 7.86. The van der Waals surface area contributed by atoms with Gasteiger partial charge in [-0.2, -0.15) is 12.7 Å². The molecular weight excluding hydrogens is 349 g/mol. The Hall–Kier alpha value is -0.410. The summed E-state index contributed by atoms with van der Waals surface area (Å²) < 4.78 is 30.2. The van der Waals surface area contributed by atoms with Crippen LogP contribution in [0, 0.1) is 0 Å². The number of nitrogens with two attached hydrogens (primary N) is 1. The monoisotopic (exact) mass is 367 g/mol. The van der Waals surface area contributed by atoms with Crippen molar-refractivity contribution in [2.24, 2.45) is 5.14 Å². The molecule has 0 amide bonds. The molecule has 1 aliphatic rings. The van der Waals surface area contributed by atoms with E-state index in [9.17, 15) is 8.42 Å². The Bertz CT molecular complexity index is 631. The molecule has 2 rings (SSSR count). The number of likely N-dealkylation sites (N-methyl/N-ethyl adjacent to an activating group) is 1. The van der Waals surface area contributed by atoms with Crippen molar-refractivity contribution in [2.45, 2.75) is 12.0 Å². The van der Waals surface area contributed by atoms with Gasteiger partial charge >= 0.3 is 0 Å². The third-order valence-corrected chi connectivity index (χ3v) is 5.46. The number of rotatable bonds is 4. The first kappa shape index (κ1) is 17.9. The number of nitrogens with one attached hydrogen (secondary N) is 1. The highest BCUT2D eigenvalue weighted by Gasteiger charge is 2.37. The lowest BCUT2D eigenvalue weighted by Crippen LogP contribution is -2.46. The quantitative estimate of drug-likeness (QED) is 0.840. The zero-order valence-electron chi connectivity index (χ0n) is 12.2. The van der Waals surface area contributed by atoms with Crippen molar-refractivity contribution >= 4 is 33.4 Å². The van der Waals surface area contributed by atoms with Crippen LogP contribution >= 0.6 is 23.2 Å². The molecule has 1 aromatic rings. The molecule has 124 valence electrons. The maximum absolute atomic E-state index is 11.6. The highest BCUT2D eigenvalue weighted by Crippen LogP contribution is 2.35. The first-order chi connectivity index (χ1) is 10.2. The lowest BCUT2D eigenvalue weighted by Gasteiger charge is -2.35. The molecule has 0 unspecified atom stereocenters. The van der Waals surface area contributed by atoms with E-state index in [-0.39, 0.29) is 6.54 Å². The van der Waals surface area contributed by atoms with Gasteiger partial charge in [0, 0.05) is 20.1 Å². The van der Waals surface area contributed by atoms with Gasteiger partial charge in [-0.1, -0.05) is 29.3 Å². The topological polar surface area (TPSA) is 84.7 Å². The Labute approximate surface area is 140 Å². The summed E-state index contributed by atoms with van der Waals surface area (Å²) in [6.07, 6.45) is 0.588. The Kier molecular flexibility index (Phi) is 5.71. The molecule has 1 aromatic carbocycles. The van der Waals surface area contributed by atoms with Crippen LogP contribution in [0.4, 0.5) is 0 Å². The minimum atomic E-state index is -3.80. The van der Waals surface area contributed by atoms with Gasteiger partial charge in [-0.05, 0) is 30.7 Å². The van der Waals surface area contributed by atoms with Gasteiger partial charge < -0.3 is 10.1 Å². The van der Waals surface area contributed by atoms with E-state index in [2.05, 4.69) is 5.32 Å². The molecule has 9 heteroatoms. The van der Waals surface area contributed by atoms with E-state index in [4.69, 9.17) is 33.1 Å². The molecule has 1 heterocycles. The molecule has 6 nitrogen and oxygen atoms in total. The molecule has 1 atom stereocenters. The normalized spacial score (nSPS) is 23.5. The number of ether oxygens (including phenoxy) is 1. The lowest BCUT2D eigenvalue weighted by atomic mass is 9.90. The predicted octanol–water partition coefficient (Wildman–Crippen LogP) is 1.33. The number of nitrogens with zero attached hydrogens (tertiary/aromatic N) is 1. The summed E-state index contributed by atoms with van der Waals surface area (Å²) in [5.74, 6) is 0. The molecule has 0 aromatic heterocycles. The fourth-order valence-electron chi connectivity index (χ4n) is 2.48. The first-order valence-electron chi connectivity index (χ1n) is 6.79. The molecule has 3 N–H and O–H groups in total. The van der Waals surface area contributed by atoms with E-state index >= 15 is 0 Å². The average molecular weight is 368 g/mol. The van der Waals surface area contributed by atoms with Crippen LogP contribution in [0.5, 0.6) is 0 Å². The molecule has 0 saturated carbocycles. The largest absolute Gasteiger partial charge is 0.368 e. The van der Waals surface area contributed by atoms with Gasteiger partial charge in [-0.3, -0.25) is 0 Å². The predicted molar refractivity (Wildman–Crippen MR) is 87.3 cm³/mol. The summed E-state index contributed by atoms with van der Waals surface area (Å²) in [5, 5.41) is 9.27. The Morgan fingerprint density at radius 3 is 2.73 bits per heavy atom. The summed E-state index contributed by atoms with van der Waals surface area (Å²) in [5.41, 5.74) is -0.0417. The first-order valence-corrected chi connectivity index (χ1v) is 9.05. The van der Waals surface area contributed by atoms with Crippen molar-refractivity contribution in [3.8, 4) is 0 Å². The van der Waals surface area contributed by atoms with Crippen molar-refractivity contribution in [3.05, 3.63) is 33.8 Å². The fraction of sp³-hybridized carbons (Fsp3) is 0.538. The molecule has 0 bridgehead atoms. The lowest BCUT2D eigenvalue weighted by molar-refractivity contribution is -0.0513. The maximum Gasteiger partial charge on any atom is 0.276 e. The maximum atomic E-state index is 11.6. The van der Waals surface area contributed by atoms with Gasteiger partial charge in [-0.25, -0.2) is 5.14 Å². The van der Waals surface area contributed by atoms with E-state index in [1.165, 1.54) is 7.05 Å². The third kappa shape index (κ3) is 4.11. The molecule has 0 radical (unpaired) electrons. The van der Waals surface area contributed by atoms with Gasteiger partial charge in [-0.15, -0.1) is 0 Å². The fourth-order valence-corrected chi connectivity index (χ4v) is 3.17. The van der Waals surface area contributed by atoms with Crippen LogP contribution < -0.4 is 10.5 Å². The zero-order valence-corrected chi connectivity index (χ0v) is 14.5. The van der Waals surface area contributed by atoms with Gasteiger partial charge in [0.25, 0.3) is 10.2 Å². The summed E-state index contributed by atoms with van der Waals surface area (Å²) in [7, 11) is -2.38. The zero-order chi connectivity index (χ0) is 16.4. The van der Waals surface area contributed by atoms with Crippen LogP contribution in [-0.2, 0) is 20.5 Å². The van der Waals surface area contributed by atoms with Crippen LogP contribution in [0.2, 0.25) is 10.0 Å². The Morgan fingerprint density at radius 1 is 1.36 bits per heavy atom. The molecule has 1 aliphatic heterocycles. The Balaban J connectivity index is 2.42. The van der Waals surface area contributed by atoms with Crippen molar-refractivity contribution in [1.82, 2.24) is 9.62 Å². The number of halogens is 2. The van der Waals surface area contributed by atoms with Crippen molar-refractivity contribution < 1.29 is 13.2 Å². The molecule has 1 saturated heterocycles. The van der Waals surface area contributed by atoms with Crippen molar-refractivity contribution in [3.63, 3.8) is 0 Å². The molecule has 1 fully saturated rings. The standard InChI is InChI=1S/C13H19Cl2N3O3S/c1-18(22(16,19)20)9-13(4-5-17-6-7-21-13)10-2-3-11(14)12(15)8-10/h2-3,8,17H,4-7,9H2,1H3,(H2,16,19,20)/t13-/m1/s1. The van der Waals surface area contributed by atoms with E-state index in [1.807, 2.05) is 0 Å². The average Bonchev–Trinajstić information content (AvgIpc) is 2.67. The highest BCUT2D eigenvalue weighted by atomic mass is 35.5. The van der Waals surface area contributed by atoms with Crippen molar-refractivity contribution in [1.29, 1.82) is 0 Å². The van der Waals surface area contributed by atoms with E-state index in [1.54, 1.807) is 18.2 Å². The minimum Gasteiger partial charge on any atom is -0.368 e. The van der Waals surface area contributed by atoms with Crippen LogP contribution in [0.25, 0.3) is 0 Å². The second-order valence-corrected chi connectivity index (χ2v) is 7.74. The van der Waals surface area contributed by atoms with Crippen LogP contribution in [0.15, 0.2) is 18.2 Å². The van der Waals surface area contributed by atoms with Crippen LogP contribution in [-0.4, -0.2) is 46.0 Å². The number of hydrogen-bond acceptors (Lipinski definition) is 4. The summed E-state index contributed by atoms with van der Waals surface area (Å²) >= 11 is 12.1. The van der Waals surface area contributed by atoms with Gasteiger partial charge in [0.1, 0.15) is 5.60 Å². The SMILES string of the molecule is CN(C[C@@]1(c2ccc(Cl)c(Cl)c2)CCNCCO1)S(N)(=O)=O. The molecule has 0 aliphatic carbocycles. The summed E-state index contributed by atoms with van der Waals surface area (Å²) in [6.45, 7) is 1.95. The summed E-state index contributed by atoms with van der Waals surface area (Å²) in [4.78, 5) is 0. The minimum absolute atomic E-state index is 0.103. The van der Waals surface area contributed by atoms with E-state index in [0.717, 1.165) is 9.87 Å². The molecular formula is C13H19Cl2N3O3S. The van der Waals surface area contributed by atoms with Gasteiger partial charge in [0.15, 0.2) is 0 Å². The second kappa shape index (κ2) is 7.00. The second-order valence-electron chi connectivity index (χ2n) is 5.27. The number of benzene rings is 1. The van der Waals surface area contributed by atoms with Crippen LogP contribution in [0.1, 0.15) is 12.0 Å². The van der Waals surface area contributed by atoms with Gasteiger partial charge in [0.2, 0.25) is 0 Å². The molecule has 22 heavy (non-hydrogen) atoms. The summed E-state index contributed by atoms with van der Waals surface area (Å²) in [6, 6.07) is 5.20. The van der Waals surface area contributed by atoms with Crippen LogP contribution in [0.3, 0.4) is 0 Å². The Morgan fingerprint density at radius 2 is 2.09 bits per heavy atom. The van der Waals surface area contributed by atoms with Gasteiger partial charge in [0.05, 0.1) is 16.7 Å². The smallest absolute Gasteiger partial charge is 0.276 e.